The molecular weight excluding hydrogens is 606 g/mol. The van der Waals surface area contributed by atoms with Gasteiger partial charge in [0.2, 0.25) is 0 Å². The molecule has 0 saturated carbocycles. The Balaban J connectivity index is 1.25. The van der Waals surface area contributed by atoms with Crippen molar-refractivity contribution in [3.8, 4) is 45.4 Å². The summed E-state index contributed by atoms with van der Waals surface area (Å²) >= 11 is 0. The lowest BCUT2D eigenvalue weighted by molar-refractivity contribution is 0.396. The van der Waals surface area contributed by atoms with Crippen molar-refractivity contribution in [2.45, 2.75) is 25.0 Å². The fourth-order valence-electron chi connectivity index (χ4n) is 7.37. The fraction of sp³-hybridized carbons (Fsp3) is 0.211. The second-order valence-corrected chi connectivity index (χ2v) is 12.6. The van der Waals surface area contributed by atoms with Crippen molar-refractivity contribution in [2.24, 2.45) is 0 Å². The summed E-state index contributed by atoms with van der Waals surface area (Å²) in [5, 5.41) is 7.61. The van der Waals surface area contributed by atoms with Crippen LogP contribution in [-0.2, 0) is 0 Å². The third kappa shape index (κ3) is 4.78. The number of aromatic nitrogens is 1. The molecule has 1 fully saturated rings. The van der Waals surface area contributed by atoms with E-state index in [9.17, 15) is 4.39 Å². The summed E-state index contributed by atoms with van der Waals surface area (Å²) in [6, 6.07) is 29.2. The number of nitrogens with one attached hydrogen (secondary N) is 2. The van der Waals surface area contributed by atoms with Gasteiger partial charge in [-0.15, -0.1) is 0 Å². The van der Waals surface area contributed by atoms with E-state index < -0.39 is 7.25 Å². The molecule has 1 aromatic heterocycles. The first-order chi connectivity index (χ1) is 23.6. The lowest BCUT2D eigenvalue weighted by Crippen LogP contribution is -2.45. The Hall–Kier alpha value is -5.35. The third-order valence-corrected chi connectivity index (χ3v) is 9.83. The van der Waals surface area contributed by atoms with Gasteiger partial charge < -0.3 is 29.0 Å². The minimum atomic E-state index is -0.904. The van der Waals surface area contributed by atoms with Crippen molar-refractivity contribution in [2.75, 3.05) is 37.5 Å². The molecule has 0 spiro atoms. The zero-order valence-corrected chi connectivity index (χ0v) is 26.7. The molecule has 1 saturated heterocycles. The number of hydrogen-bond donors (Lipinski definition) is 2. The molecular formula is C38H34BFN4O4. The summed E-state index contributed by atoms with van der Waals surface area (Å²) in [6.45, 7) is 2.05. The number of rotatable bonds is 5. The zero-order chi connectivity index (χ0) is 32.4. The van der Waals surface area contributed by atoms with E-state index in [-0.39, 0.29) is 18.0 Å². The van der Waals surface area contributed by atoms with Gasteiger partial charge in [0.05, 0.1) is 20.3 Å². The molecule has 0 radical (unpaired) electrons. The summed E-state index contributed by atoms with van der Waals surface area (Å²) in [4.78, 5) is 2.39. The van der Waals surface area contributed by atoms with E-state index in [1.54, 1.807) is 20.3 Å². The van der Waals surface area contributed by atoms with Crippen LogP contribution < -0.4 is 34.3 Å². The van der Waals surface area contributed by atoms with Gasteiger partial charge in [0.15, 0.2) is 0 Å². The molecule has 2 N–H and O–H groups in total. The Morgan fingerprint density at radius 2 is 1.48 bits per heavy atom. The van der Waals surface area contributed by atoms with Gasteiger partial charge in [-0.25, -0.2) is 4.39 Å². The Bertz CT molecular complexity index is 2060. The Morgan fingerprint density at radius 3 is 2.21 bits per heavy atom. The van der Waals surface area contributed by atoms with Crippen LogP contribution in [0.3, 0.4) is 0 Å². The molecule has 48 heavy (non-hydrogen) atoms. The largest absolute Gasteiger partial charge is 0.744 e. The van der Waals surface area contributed by atoms with Gasteiger partial charge >= 0.3 is 7.25 Å². The summed E-state index contributed by atoms with van der Waals surface area (Å²) in [7, 11) is 2.43. The van der Waals surface area contributed by atoms with Crippen LogP contribution in [0.1, 0.15) is 30.0 Å². The monoisotopic (exact) mass is 640 g/mol. The van der Waals surface area contributed by atoms with Crippen LogP contribution in [0.25, 0.3) is 28.0 Å². The van der Waals surface area contributed by atoms with Crippen LogP contribution in [0.5, 0.6) is 23.0 Å². The first-order valence-corrected chi connectivity index (χ1v) is 16.4. The molecule has 240 valence electrons. The normalized spacial score (nSPS) is 18.9. The highest BCUT2D eigenvalue weighted by Gasteiger charge is 2.43. The molecule has 10 heteroatoms. The minimum Gasteiger partial charge on any atom is -0.506 e. The number of halogens is 1. The number of nitrogens with zero attached hydrogens (tertiary/aromatic N) is 2. The van der Waals surface area contributed by atoms with Crippen molar-refractivity contribution in [1.82, 2.24) is 9.79 Å². The molecule has 2 atom stereocenters. The average Bonchev–Trinajstić information content (AvgIpc) is 3.88. The van der Waals surface area contributed by atoms with E-state index in [4.69, 9.17) is 18.8 Å². The fourth-order valence-corrected chi connectivity index (χ4v) is 7.37. The predicted molar refractivity (Wildman–Crippen MR) is 186 cm³/mol. The van der Waals surface area contributed by atoms with Gasteiger partial charge in [-0.3, -0.25) is 9.79 Å². The molecule has 9 rings (SSSR count). The SMILES string of the molecule is COc1ccc(C2=CC3NC2Nc2c(-c4ccc(OC)cc4)cc4n2B(Oc2cc(N5CCCC5)ccc2-4)Oc2cc(F)ccc23)cc1. The molecule has 0 amide bonds. The number of methoxy groups -OCH3 is 2. The van der Waals surface area contributed by atoms with E-state index in [0.717, 1.165) is 80.9 Å². The standard InChI is InChI=1S/C38H34BFN4O4/c1-45-27-11-5-23(6-12-27)31-21-33-29-15-9-25(40)19-35(29)47-39-44-34(30-16-10-26(20-36(30)48-39)43-17-3-4-18-43)22-32(38(44)42-37(31)41-33)24-7-13-28(46-2)14-8-24/h5-16,19-22,33,37,41-42H,3-4,17-18H2,1-2H3. The zero-order valence-electron chi connectivity index (χ0n) is 26.7. The van der Waals surface area contributed by atoms with Gasteiger partial charge in [-0.05, 0) is 78.1 Å². The van der Waals surface area contributed by atoms with E-state index in [1.165, 1.54) is 25.0 Å². The minimum absolute atomic E-state index is 0.252. The summed E-state index contributed by atoms with van der Waals surface area (Å²) in [5.41, 5.74) is 7.91. The van der Waals surface area contributed by atoms with E-state index in [2.05, 4.69) is 74.6 Å². The molecule has 4 aliphatic rings. The first kappa shape index (κ1) is 28.8. The molecule has 0 aliphatic carbocycles. The molecule has 8 nitrogen and oxygen atoms in total. The van der Waals surface area contributed by atoms with Crippen LogP contribution >= 0.6 is 0 Å². The first-order valence-electron chi connectivity index (χ1n) is 16.4. The van der Waals surface area contributed by atoms with Crippen molar-refractivity contribution in [3.63, 3.8) is 0 Å². The molecule has 5 heterocycles. The maximum Gasteiger partial charge on any atom is 0.744 e. The van der Waals surface area contributed by atoms with E-state index >= 15 is 0 Å². The number of hydrogen-bond acceptors (Lipinski definition) is 7. The van der Waals surface area contributed by atoms with Gasteiger partial charge in [-0.1, -0.05) is 36.4 Å². The van der Waals surface area contributed by atoms with Crippen LogP contribution in [0.4, 0.5) is 15.9 Å². The maximum atomic E-state index is 14.9. The molecule has 5 aromatic rings. The number of ether oxygens (including phenoxy) is 2. The van der Waals surface area contributed by atoms with Gasteiger partial charge in [-0.2, -0.15) is 0 Å². The number of benzene rings is 4. The number of anilines is 2. The third-order valence-electron chi connectivity index (χ3n) is 9.83. The van der Waals surface area contributed by atoms with Gasteiger partial charge in [0.25, 0.3) is 0 Å². The summed E-state index contributed by atoms with van der Waals surface area (Å²) in [6.07, 6.45) is 4.24. The Kier molecular flexibility index (Phi) is 6.86. The van der Waals surface area contributed by atoms with Crippen molar-refractivity contribution >= 4 is 24.3 Å². The van der Waals surface area contributed by atoms with Crippen LogP contribution in [-0.4, -0.2) is 45.2 Å². The van der Waals surface area contributed by atoms with Gasteiger partial charge in [0, 0.05) is 53.3 Å². The van der Waals surface area contributed by atoms with E-state index in [0.29, 0.717) is 5.75 Å². The quantitative estimate of drug-likeness (QED) is 0.195. The van der Waals surface area contributed by atoms with Crippen molar-refractivity contribution in [1.29, 1.82) is 0 Å². The predicted octanol–water partition coefficient (Wildman–Crippen LogP) is 7.36. The van der Waals surface area contributed by atoms with Crippen LogP contribution in [0, 0.1) is 5.82 Å². The highest BCUT2D eigenvalue weighted by atomic mass is 19.1. The van der Waals surface area contributed by atoms with E-state index in [1.807, 2.05) is 24.3 Å². The van der Waals surface area contributed by atoms with Gasteiger partial charge in [0.1, 0.15) is 40.8 Å². The molecule has 2 unspecified atom stereocenters. The maximum absolute atomic E-state index is 14.9. The second kappa shape index (κ2) is 11.4. The lowest BCUT2D eigenvalue weighted by atomic mass is 9.97. The summed E-state index contributed by atoms with van der Waals surface area (Å²) in [5.74, 6) is 3.15. The van der Waals surface area contributed by atoms with Crippen molar-refractivity contribution in [3.05, 3.63) is 114 Å². The number of fused-ring (bicyclic) bond motifs is 6. The topological polar surface area (TPSA) is 69.1 Å². The van der Waals surface area contributed by atoms with Crippen LogP contribution in [0.15, 0.2) is 97.1 Å². The molecule has 4 aliphatic heterocycles. The van der Waals surface area contributed by atoms with Crippen molar-refractivity contribution < 1.29 is 23.2 Å². The highest BCUT2D eigenvalue weighted by Crippen LogP contribution is 2.47. The second-order valence-electron chi connectivity index (χ2n) is 12.6. The average molecular weight is 641 g/mol. The highest BCUT2D eigenvalue weighted by molar-refractivity contribution is 6.47. The summed E-state index contributed by atoms with van der Waals surface area (Å²) < 4.78 is 41.4. The molecule has 2 bridgehead atoms. The Labute approximate surface area is 278 Å². The molecule has 4 aromatic carbocycles. The Morgan fingerprint density at radius 1 is 0.771 bits per heavy atom. The van der Waals surface area contributed by atoms with Crippen LogP contribution in [0.2, 0.25) is 0 Å². The lowest BCUT2D eigenvalue weighted by Gasteiger charge is -2.32. The smallest absolute Gasteiger partial charge is 0.506 e.